The van der Waals surface area contributed by atoms with E-state index in [0.29, 0.717) is 6.61 Å². The molecule has 0 radical (unpaired) electrons. The fourth-order valence-corrected chi connectivity index (χ4v) is 2.37. The van der Waals surface area contributed by atoms with Gasteiger partial charge in [0.1, 0.15) is 5.75 Å². The predicted molar refractivity (Wildman–Crippen MR) is 84.4 cm³/mol. The lowest BCUT2D eigenvalue weighted by Crippen LogP contribution is -2.22. The molecular formula is C17H20ClNO. The van der Waals surface area contributed by atoms with E-state index in [4.69, 9.17) is 16.3 Å². The SMILES string of the molecule is CCNC(CCOc1ccccc1)c1cccc(Cl)c1. The maximum absolute atomic E-state index is 6.06. The molecule has 1 N–H and O–H groups in total. The molecule has 106 valence electrons. The lowest BCUT2D eigenvalue weighted by molar-refractivity contribution is 0.287. The Balaban J connectivity index is 1.92. The monoisotopic (exact) mass is 289 g/mol. The molecule has 20 heavy (non-hydrogen) atoms. The van der Waals surface area contributed by atoms with Gasteiger partial charge >= 0.3 is 0 Å². The van der Waals surface area contributed by atoms with Gasteiger partial charge in [0.05, 0.1) is 6.61 Å². The first-order chi connectivity index (χ1) is 9.79. The third kappa shape index (κ3) is 4.55. The molecular weight excluding hydrogens is 270 g/mol. The van der Waals surface area contributed by atoms with Crippen LogP contribution >= 0.6 is 11.6 Å². The largest absolute Gasteiger partial charge is 0.494 e. The molecule has 0 aliphatic carbocycles. The highest BCUT2D eigenvalue weighted by Gasteiger charge is 2.10. The van der Waals surface area contributed by atoms with Gasteiger partial charge in [-0.2, -0.15) is 0 Å². The third-order valence-corrected chi connectivity index (χ3v) is 3.36. The van der Waals surface area contributed by atoms with Gasteiger partial charge in [0.25, 0.3) is 0 Å². The third-order valence-electron chi connectivity index (χ3n) is 3.12. The van der Waals surface area contributed by atoms with Gasteiger partial charge in [-0.1, -0.05) is 48.9 Å². The van der Waals surface area contributed by atoms with Gasteiger partial charge in [-0.3, -0.25) is 0 Å². The van der Waals surface area contributed by atoms with E-state index in [1.807, 2.05) is 48.5 Å². The normalized spacial score (nSPS) is 12.1. The molecule has 0 aromatic heterocycles. The average Bonchev–Trinajstić information content (AvgIpc) is 2.47. The second-order valence-electron chi connectivity index (χ2n) is 4.62. The Bertz CT molecular complexity index is 515. The first-order valence-corrected chi connectivity index (χ1v) is 7.34. The number of hydrogen-bond donors (Lipinski definition) is 1. The van der Waals surface area contributed by atoms with Crippen LogP contribution in [0.1, 0.15) is 24.9 Å². The number of halogens is 1. The van der Waals surface area contributed by atoms with Crippen molar-refractivity contribution in [2.75, 3.05) is 13.2 Å². The molecule has 0 fully saturated rings. The molecule has 3 heteroatoms. The summed E-state index contributed by atoms with van der Waals surface area (Å²) in [6, 6.07) is 18.2. The Labute approximate surface area is 125 Å². The molecule has 1 atom stereocenters. The number of nitrogens with one attached hydrogen (secondary N) is 1. The zero-order valence-electron chi connectivity index (χ0n) is 11.7. The van der Waals surface area contributed by atoms with Crippen LogP contribution in [0.5, 0.6) is 5.75 Å². The van der Waals surface area contributed by atoms with E-state index in [-0.39, 0.29) is 6.04 Å². The van der Waals surface area contributed by atoms with Gasteiger partial charge in [0.2, 0.25) is 0 Å². The highest BCUT2D eigenvalue weighted by molar-refractivity contribution is 6.30. The summed E-state index contributed by atoms with van der Waals surface area (Å²) in [7, 11) is 0. The maximum Gasteiger partial charge on any atom is 0.119 e. The summed E-state index contributed by atoms with van der Waals surface area (Å²) in [5.74, 6) is 0.911. The van der Waals surface area contributed by atoms with Crippen molar-refractivity contribution >= 4 is 11.6 Å². The minimum Gasteiger partial charge on any atom is -0.494 e. The Hall–Kier alpha value is -1.51. The van der Waals surface area contributed by atoms with Crippen molar-refractivity contribution in [3.05, 3.63) is 65.2 Å². The second kappa shape index (κ2) is 7.93. The molecule has 0 amide bonds. The van der Waals surface area contributed by atoms with Crippen LogP contribution in [0.25, 0.3) is 0 Å². The fraction of sp³-hybridized carbons (Fsp3) is 0.294. The molecule has 2 nitrogen and oxygen atoms in total. The molecule has 0 heterocycles. The van der Waals surface area contributed by atoms with Crippen molar-refractivity contribution in [1.29, 1.82) is 0 Å². The number of ether oxygens (including phenoxy) is 1. The minimum absolute atomic E-state index is 0.266. The van der Waals surface area contributed by atoms with Crippen molar-refractivity contribution < 1.29 is 4.74 Å². The van der Waals surface area contributed by atoms with E-state index in [9.17, 15) is 0 Å². The minimum atomic E-state index is 0.266. The summed E-state index contributed by atoms with van der Waals surface area (Å²) in [6.45, 7) is 3.70. The number of benzene rings is 2. The molecule has 2 aromatic rings. The second-order valence-corrected chi connectivity index (χ2v) is 5.05. The highest BCUT2D eigenvalue weighted by Crippen LogP contribution is 2.21. The van der Waals surface area contributed by atoms with Crippen LogP contribution in [0.15, 0.2) is 54.6 Å². The van der Waals surface area contributed by atoms with Crippen LogP contribution in [-0.2, 0) is 0 Å². The van der Waals surface area contributed by atoms with E-state index in [0.717, 1.165) is 23.7 Å². The first kappa shape index (κ1) is 14.9. The molecule has 0 aliphatic heterocycles. The lowest BCUT2D eigenvalue weighted by atomic mass is 10.0. The molecule has 0 saturated carbocycles. The van der Waals surface area contributed by atoms with Crippen molar-refractivity contribution in [2.45, 2.75) is 19.4 Å². The molecule has 0 saturated heterocycles. The zero-order chi connectivity index (χ0) is 14.2. The smallest absolute Gasteiger partial charge is 0.119 e. The summed E-state index contributed by atoms with van der Waals surface area (Å²) in [5, 5.41) is 4.25. The molecule has 0 spiro atoms. The summed E-state index contributed by atoms with van der Waals surface area (Å²) in [4.78, 5) is 0. The fourth-order valence-electron chi connectivity index (χ4n) is 2.17. The zero-order valence-corrected chi connectivity index (χ0v) is 12.4. The van der Waals surface area contributed by atoms with Crippen LogP contribution < -0.4 is 10.1 Å². The summed E-state index contributed by atoms with van der Waals surface area (Å²) >= 11 is 6.06. The van der Waals surface area contributed by atoms with Gasteiger partial charge in [-0.15, -0.1) is 0 Å². The van der Waals surface area contributed by atoms with Gasteiger partial charge in [0.15, 0.2) is 0 Å². The highest BCUT2D eigenvalue weighted by atomic mass is 35.5. The quantitative estimate of drug-likeness (QED) is 0.812. The Morgan fingerprint density at radius 3 is 2.60 bits per heavy atom. The van der Waals surface area contributed by atoms with E-state index in [2.05, 4.69) is 18.3 Å². The number of rotatable bonds is 7. The number of hydrogen-bond acceptors (Lipinski definition) is 2. The van der Waals surface area contributed by atoms with Gasteiger partial charge in [-0.05, 0) is 36.4 Å². The van der Waals surface area contributed by atoms with Crippen LogP contribution in [0.4, 0.5) is 0 Å². The van der Waals surface area contributed by atoms with E-state index < -0.39 is 0 Å². The summed E-state index contributed by atoms with van der Waals surface area (Å²) < 4.78 is 5.76. The van der Waals surface area contributed by atoms with Gasteiger partial charge in [-0.25, -0.2) is 0 Å². The lowest BCUT2D eigenvalue weighted by Gasteiger charge is -2.19. The van der Waals surface area contributed by atoms with Crippen molar-refractivity contribution in [3.8, 4) is 5.75 Å². The topological polar surface area (TPSA) is 21.3 Å². The first-order valence-electron chi connectivity index (χ1n) is 6.96. The van der Waals surface area contributed by atoms with Gasteiger partial charge < -0.3 is 10.1 Å². The van der Waals surface area contributed by atoms with Gasteiger partial charge in [0, 0.05) is 17.5 Å². The van der Waals surface area contributed by atoms with E-state index in [1.54, 1.807) is 0 Å². The molecule has 0 bridgehead atoms. The Morgan fingerprint density at radius 1 is 1.10 bits per heavy atom. The maximum atomic E-state index is 6.06. The van der Waals surface area contributed by atoms with Crippen LogP contribution in [0.2, 0.25) is 5.02 Å². The van der Waals surface area contributed by atoms with Crippen molar-refractivity contribution in [1.82, 2.24) is 5.32 Å². The van der Waals surface area contributed by atoms with E-state index >= 15 is 0 Å². The average molecular weight is 290 g/mol. The van der Waals surface area contributed by atoms with Crippen LogP contribution in [0.3, 0.4) is 0 Å². The summed E-state index contributed by atoms with van der Waals surface area (Å²) in [6.07, 6.45) is 0.906. The molecule has 1 unspecified atom stereocenters. The van der Waals surface area contributed by atoms with E-state index in [1.165, 1.54) is 5.56 Å². The van der Waals surface area contributed by atoms with Crippen molar-refractivity contribution in [3.63, 3.8) is 0 Å². The Kier molecular flexibility index (Phi) is 5.90. The summed E-state index contributed by atoms with van der Waals surface area (Å²) in [5.41, 5.74) is 1.20. The van der Waals surface area contributed by atoms with Crippen LogP contribution in [0, 0.1) is 0 Å². The predicted octanol–water partition coefficient (Wildman–Crippen LogP) is 4.46. The molecule has 2 rings (SSSR count). The molecule has 0 aliphatic rings. The van der Waals surface area contributed by atoms with Crippen molar-refractivity contribution in [2.24, 2.45) is 0 Å². The molecule has 2 aromatic carbocycles. The standard InChI is InChI=1S/C17H20ClNO/c1-2-19-17(14-7-6-8-15(18)13-14)11-12-20-16-9-4-3-5-10-16/h3-10,13,17,19H,2,11-12H2,1H3. The number of para-hydroxylation sites is 1. The van der Waals surface area contributed by atoms with Crippen LogP contribution in [-0.4, -0.2) is 13.2 Å². The Morgan fingerprint density at radius 2 is 1.90 bits per heavy atom.